The van der Waals surface area contributed by atoms with E-state index in [1.807, 2.05) is 5.38 Å². The van der Waals surface area contributed by atoms with Crippen LogP contribution in [0, 0.1) is 5.82 Å². The summed E-state index contributed by atoms with van der Waals surface area (Å²) in [6.45, 7) is 1.09. The number of hydrogen-bond acceptors (Lipinski definition) is 4. The fourth-order valence-corrected chi connectivity index (χ4v) is 3.41. The van der Waals surface area contributed by atoms with E-state index in [1.165, 1.54) is 23.5 Å². The summed E-state index contributed by atoms with van der Waals surface area (Å²) in [7, 11) is 0. The maximum absolute atomic E-state index is 13.2. The van der Waals surface area contributed by atoms with E-state index >= 15 is 0 Å². The maximum atomic E-state index is 13.2. The summed E-state index contributed by atoms with van der Waals surface area (Å²) < 4.78 is 13.2. The number of β-amino-alcohol motifs (C(OH)–C–C–N with tert-alkyl or cyclic N) is 1. The lowest BCUT2D eigenvalue weighted by Gasteiger charge is -2.29. The summed E-state index contributed by atoms with van der Waals surface area (Å²) in [5.41, 5.74) is 1.41. The molecule has 1 aromatic carbocycles. The minimum absolute atomic E-state index is 0.0187. The van der Waals surface area contributed by atoms with Crippen LogP contribution in [0.25, 0.3) is 10.6 Å². The summed E-state index contributed by atoms with van der Waals surface area (Å²) in [5.74, 6) is -0.317. The van der Waals surface area contributed by atoms with Gasteiger partial charge in [0.15, 0.2) is 0 Å². The van der Waals surface area contributed by atoms with E-state index < -0.39 is 6.10 Å². The molecule has 0 aliphatic carbocycles. The Morgan fingerprint density at radius 1 is 1.50 bits per heavy atom. The number of likely N-dealkylation sites (tertiary alicyclic amines) is 1. The maximum Gasteiger partial charge on any atom is 0.228 e. The van der Waals surface area contributed by atoms with E-state index in [4.69, 9.17) is 0 Å². The number of rotatable bonds is 3. The van der Waals surface area contributed by atoms with Gasteiger partial charge in [-0.1, -0.05) is 12.1 Å². The van der Waals surface area contributed by atoms with Crippen molar-refractivity contribution in [2.75, 3.05) is 13.1 Å². The molecule has 6 heteroatoms. The lowest BCUT2D eigenvalue weighted by Crippen LogP contribution is -2.42. The van der Waals surface area contributed by atoms with Gasteiger partial charge in [-0.15, -0.1) is 11.3 Å². The number of halogens is 1. The monoisotopic (exact) mass is 320 g/mol. The number of thiazole rings is 1. The zero-order valence-electron chi connectivity index (χ0n) is 12.0. The quantitative estimate of drug-likeness (QED) is 0.945. The molecule has 1 unspecified atom stereocenters. The van der Waals surface area contributed by atoms with Gasteiger partial charge in [-0.2, -0.15) is 0 Å². The number of aromatic nitrogens is 1. The van der Waals surface area contributed by atoms with Crippen LogP contribution in [0.15, 0.2) is 29.6 Å². The van der Waals surface area contributed by atoms with Crippen molar-refractivity contribution in [1.82, 2.24) is 9.88 Å². The third-order valence-corrected chi connectivity index (χ3v) is 4.65. The predicted molar refractivity (Wildman–Crippen MR) is 83.0 cm³/mol. The van der Waals surface area contributed by atoms with Crippen LogP contribution < -0.4 is 0 Å². The SMILES string of the molecule is O=C(Cc1csc(-c2cccc(F)c2)n1)N1CCCC(O)C1. The molecule has 0 saturated carbocycles. The average Bonchev–Trinajstić information content (AvgIpc) is 2.96. The minimum atomic E-state index is -0.420. The smallest absolute Gasteiger partial charge is 0.228 e. The van der Waals surface area contributed by atoms with Gasteiger partial charge in [0, 0.05) is 24.0 Å². The van der Waals surface area contributed by atoms with Crippen LogP contribution in [-0.2, 0) is 11.2 Å². The van der Waals surface area contributed by atoms with Crippen LogP contribution in [0.4, 0.5) is 4.39 Å². The number of aliphatic hydroxyl groups excluding tert-OH is 1. The topological polar surface area (TPSA) is 53.4 Å². The number of amides is 1. The van der Waals surface area contributed by atoms with Crippen molar-refractivity contribution in [3.8, 4) is 10.6 Å². The molecule has 1 atom stereocenters. The summed E-state index contributed by atoms with van der Waals surface area (Å²) in [6, 6.07) is 6.27. The normalized spacial score (nSPS) is 18.5. The van der Waals surface area contributed by atoms with Gasteiger partial charge in [-0.25, -0.2) is 9.37 Å². The average molecular weight is 320 g/mol. The zero-order chi connectivity index (χ0) is 15.5. The van der Waals surface area contributed by atoms with Crippen LogP contribution in [-0.4, -0.2) is 40.1 Å². The summed E-state index contributed by atoms with van der Waals surface area (Å²) in [5, 5.41) is 12.2. The number of aliphatic hydroxyl groups is 1. The van der Waals surface area contributed by atoms with Gasteiger partial charge in [0.2, 0.25) is 5.91 Å². The number of carbonyl (C=O) groups excluding carboxylic acids is 1. The summed E-state index contributed by atoms with van der Waals surface area (Å²) in [4.78, 5) is 18.3. The zero-order valence-corrected chi connectivity index (χ0v) is 12.9. The largest absolute Gasteiger partial charge is 0.391 e. The van der Waals surface area contributed by atoms with Crippen molar-refractivity contribution in [3.05, 3.63) is 41.2 Å². The first kappa shape index (κ1) is 15.1. The summed E-state index contributed by atoms with van der Waals surface area (Å²) in [6.07, 6.45) is 1.39. The Morgan fingerprint density at radius 3 is 3.14 bits per heavy atom. The lowest BCUT2D eigenvalue weighted by atomic mass is 10.1. The molecule has 22 heavy (non-hydrogen) atoms. The molecule has 3 rings (SSSR count). The summed E-state index contributed by atoms with van der Waals surface area (Å²) >= 11 is 1.40. The van der Waals surface area contributed by atoms with Crippen LogP contribution in [0.3, 0.4) is 0 Å². The molecule has 0 spiro atoms. The highest BCUT2D eigenvalue weighted by molar-refractivity contribution is 7.13. The molecule has 1 aliphatic rings. The van der Waals surface area contributed by atoms with Gasteiger partial charge < -0.3 is 10.0 Å². The van der Waals surface area contributed by atoms with Gasteiger partial charge in [-0.3, -0.25) is 4.79 Å². The van der Waals surface area contributed by atoms with Crippen molar-refractivity contribution in [2.24, 2.45) is 0 Å². The number of piperidine rings is 1. The van der Waals surface area contributed by atoms with E-state index in [1.54, 1.807) is 17.0 Å². The molecule has 2 heterocycles. The Morgan fingerprint density at radius 2 is 2.36 bits per heavy atom. The van der Waals surface area contributed by atoms with E-state index in [0.717, 1.165) is 18.4 Å². The third kappa shape index (κ3) is 3.51. The predicted octanol–water partition coefficient (Wildman–Crippen LogP) is 2.48. The Hall–Kier alpha value is -1.79. The molecule has 0 radical (unpaired) electrons. The van der Waals surface area contributed by atoms with Crippen LogP contribution in [0.2, 0.25) is 0 Å². The molecule has 1 aliphatic heterocycles. The fourth-order valence-electron chi connectivity index (χ4n) is 2.59. The molecule has 1 saturated heterocycles. The van der Waals surface area contributed by atoms with E-state index in [9.17, 15) is 14.3 Å². The number of carbonyl (C=O) groups is 1. The van der Waals surface area contributed by atoms with Crippen LogP contribution in [0.5, 0.6) is 0 Å². The molecule has 1 aromatic heterocycles. The molecule has 1 fully saturated rings. The molecular weight excluding hydrogens is 303 g/mol. The lowest BCUT2D eigenvalue weighted by molar-refractivity contribution is -0.133. The second kappa shape index (κ2) is 6.54. The van der Waals surface area contributed by atoms with Crippen molar-refractivity contribution in [1.29, 1.82) is 0 Å². The molecule has 2 aromatic rings. The van der Waals surface area contributed by atoms with Crippen molar-refractivity contribution in [3.63, 3.8) is 0 Å². The third-order valence-electron chi connectivity index (χ3n) is 3.70. The first-order valence-electron chi connectivity index (χ1n) is 7.28. The van der Waals surface area contributed by atoms with Crippen molar-refractivity contribution in [2.45, 2.75) is 25.4 Å². The van der Waals surface area contributed by atoms with Crippen molar-refractivity contribution >= 4 is 17.2 Å². The first-order valence-corrected chi connectivity index (χ1v) is 8.16. The Kier molecular flexibility index (Phi) is 4.49. The highest BCUT2D eigenvalue weighted by Gasteiger charge is 2.22. The molecular formula is C16H17FN2O2S. The number of benzene rings is 1. The standard InChI is InChI=1S/C16H17FN2O2S/c17-12-4-1-3-11(7-12)16-18-13(10-22-16)8-15(21)19-6-2-5-14(20)9-19/h1,3-4,7,10,14,20H,2,5-6,8-9H2. The molecule has 116 valence electrons. The highest BCUT2D eigenvalue weighted by Crippen LogP contribution is 2.24. The van der Waals surface area contributed by atoms with Gasteiger partial charge in [0.25, 0.3) is 0 Å². The van der Waals surface area contributed by atoms with Crippen molar-refractivity contribution < 1.29 is 14.3 Å². The minimum Gasteiger partial charge on any atom is -0.391 e. The molecule has 1 N–H and O–H groups in total. The first-order chi connectivity index (χ1) is 10.6. The van der Waals surface area contributed by atoms with Crippen LogP contribution >= 0.6 is 11.3 Å². The van der Waals surface area contributed by atoms with Gasteiger partial charge >= 0.3 is 0 Å². The Labute approximate surface area is 132 Å². The second-order valence-corrected chi connectivity index (χ2v) is 6.33. The second-order valence-electron chi connectivity index (χ2n) is 5.47. The molecule has 1 amide bonds. The van der Waals surface area contributed by atoms with Gasteiger partial charge in [0.05, 0.1) is 18.2 Å². The number of nitrogens with zero attached hydrogens (tertiary/aromatic N) is 2. The Bertz CT molecular complexity index is 674. The highest BCUT2D eigenvalue weighted by atomic mass is 32.1. The fraction of sp³-hybridized carbons (Fsp3) is 0.375. The number of hydrogen-bond donors (Lipinski definition) is 1. The molecule has 4 nitrogen and oxygen atoms in total. The van der Waals surface area contributed by atoms with Crippen LogP contribution in [0.1, 0.15) is 18.5 Å². The molecule has 0 bridgehead atoms. The van der Waals surface area contributed by atoms with E-state index in [-0.39, 0.29) is 18.1 Å². The van der Waals surface area contributed by atoms with E-state index in [0.29, 0.717) is 23.8 Å². The van der Waals surface area contributed by atoms with E-state index in [2.05, 4.69) is 4.98 Å². The Balaban J connectivity index is 1.68. The van der Waals surface area contributed by atoms with Gasteiger partial charge in [-0.05, 0) is 25.0 Å². The van der Waals surface area contributed by atoms with Gasteiger partial charge in [0.1, 0.15) is 10.8 Å².